The van der Waals surface area contributed by atoms with E-state index < -0.39 is 0 Å². The molecule has 1 amide bonds. The molecule has 154 valence electrons. The minimum absolute atomic E-state index is 0.0765. The van der Waals surface area contributed by atoms with Gasteiger partial charge >= 0.3 is 0 Å². The van der Waals surface area contributed by atoms with Crippen LogP contribution in [0.3, 0.4) is 0 Å². The molecule has 7 heteroatoms. The van der Waals surface area contributed by atoms with Crippen LogP contribution in [0.15, 0.2) is 67.4 Å². The standard InChI is InChI=1S/C23H26N6O/c30-22(16-29-12-4-9-26-29)28-15-20-14-27(21-13-24-10-11-25-21)17-23(20,18-28)8-7-19-5-2-1-3-6-19/h1-6,9-13,20H,7-8,14-18H2/t20-,23+/m0/s1. The maximum absolute atomic E-state index is 12.9. The van der Waals surface area contributed by atoms with Gasteiger partial charge in [0, 0.05) is 62.3 Å². The van der Waals surface area contributed by atoms with Crippen LogP contribution in [0.25, 0.3) is 0 Å². The molecule has 3 aromatic rings. The molecule has 2 fully saturated rings. The molecule has 30 heavy (non-hydrogen) atoms. The summed E-state index contributed by atoms with van der Waals surface area (Å²) in [5.41, 5.74) is 1.43. The fourth-order valence-corrected chi connectivity index (χ4v) is 5.03. The van der Waals surface area contributed by atoms with Gasteiger partial charge in [-0.3, -0.25) is 14.5 Å². The second kappa shape index (κ2) is 7.89. The molecule has 2 aliphatic heterocycles. The van der Waals surface area contributed by atoms with Crippen LogP contribution in [0.5, 0.6) is 0 Å². The van der Waals surface area contributed by atoms with Gasteiger partial charge in [0.05, 0.1) is 6.20 Å². The number of aryl methyl sites for hydroxylation is 1. The SMILES string of the molecule is O=C(Cn1cccn1)N1C[C@@H]2CN(c3cnccn3)C[C@]2(CCc2ccccc2)C1. The van der Waals surface area contributed by atoms with E-state index in [2.05, 4.69) is 50.3 Å². The quantitative estimate of drug-likeness (QED) is 0.633. The number of nitrogens with zero attached hydrogens (tertiary/aromatic N) is 6. The summed E-state index contributed by atoms with van der Waals surface area (Å²) >= 11 is 0. The van der Waals surface area contributed by atoms with Crippen molar-refractivity contribution in [2.75, 3.05) is 31.1 Å². The van der Waals surface area contributed by atoms with Crippen molar-refractivity contribution in [3.8, 4) is 0 Å². The number of carbonyl (C=O) groups is 1. The van der Waals surface area contributed by atoms with Crippen molar-refractivity contribution in [3.63, 3.8) is 0 Å². The van der Waals surface area contributed by atoms with E-state index in [4.69, 9.17) is 0 Å². The summed E-state index contributed by atoms with van der Waals surface area (Å²) in [6, 6.07) is 12.5. The van der Waals surface area contributed by atoms with E-state index in [1.54, 1.807) is 23.3 Å². The first kappa shape index (κ1) is 18.8. The summed E-state index contributed by atoms with van der Waals surface area (Å²) in [5, 5.41) is 4.19. The lowest BCUT2D eigenvalue weighted by Gasteiger charge is -2.30. The van der Waals surface area contributed by atoms with Crippen LogP contribution < -0.4 is 4.90 Å². The molecule has 2 aliphatic rings. The van der Waals surface area contributed by atoms with Crippen molar-refractivity contribution in [1.29, 1.82) is 0 Å². The second-order valence-corrected chi connectivity index (χ2v) is 8.47. The van der Waals surface area contributed by atoms with Crippen LogP contribution in [0, 0.1) is 11.3 Å². The minimum atomic E-state index is 0.0765. The van der Waals surface area contributed by atoms with Crippen molar-refractivity contribution in [2.24, 2.45) is 11.3 Å². The van der Waals surface area contributed by atoms with Gasteiger partial charge in [0.25, 0.3) is 0 Å². The van der Waals surface area contributed by atoms with Gasteiger partial charge in [-0.2, -0.15) is 5.10 Å². The number of hydrogen-bond acceptors (Lipinski definition) is 5. The topological polar surface area (TPSA) is 67.2 Å². The Morgan fingerprint density at radius 2 is 1.97 bits per heavy atom. The zero-order chi connectivity index (χ0) is 20.4. The van der Waals surface area contributed by atoms with E-state index in [0.717, 1.165) is 44.8 Å². The van der Waals surface area contributed by atoms with E-state index in [0.29, 0.717) is 12.5 Å². The summed E-state index contributed by atoms with van der Waals surface area (Å²) < 4.78 is 1.71. The van der Waals surface area contributed by atoms with Gasteiger partial charge in [0.2, 0.25) is 5.91 Å². The number of hydrogen-bond donors (Lipinski definition) is 0. The molecule has 7 nitrogen and oxygen atoms in total. The van der Waals surface area contributed by atoms with Gasteiger partial charge in [-0.1, -0.05) is 30.3 Å². The average Bonchev–Trinajstić information content (AvgIpc) is 3.49. The van der Waals surface area contributed by atoms with Gasteiger partial charge in [-0.15, -0.1) is 0 Å². The summed E-state index contributed by atoms with van der Waals surface area (Å²) in [4.78, 5) is 26.1. The van der Waals surface area contributed by atoms with Crippen LogP contribution in [-0.2, 0) is 17.8 Å². The molecule has 2 saturated heterocycles. The molecule has 0 saturated carbocycles. The highest BCUT2D eigenvalue weighted by Crippen LogP contribution is 2.46. The summed E-state index contributed by atoms with van der Waals surface area (Å²) in [7, 11) is 0. The molecular formula is C23H26N6O. The fraction of sp³-hybridized carbons (Fsp3) is 0.391. The zero-order valence-electron chi connectivity index (χ0n) is 17.0. The fourth-order valence-electron chi connectivity index (χ4n) is 5.03. The monoisotopic (exact) mass is 402 g/mol. The lowest BCUT2D eigenvalue weighted by Crippen LogP contribution is -2.38. The van der Waals surface area contributed by atoms with E-state index in [9.17, 15) is 4.79 Å². The number of aromatic nitrogens is 4. The Labute approximate surface area is 176 Å². The number of rotatable bonds is 6. The normalized spacial score (nSPS) is 23.0. The van der Waals surface area contributed by atoms with Crippen LogP contribution in [-0.4, -0.2) is 56.7 Å². The second-order valence-electron chi connectivity index (χ2n) is 8.47. The summed E-state index contributed by atoms with van der Waals surface area (Å²) in [5.74, 6) is 1.52. The van der Waals surface area contributed by atoms with E-state index in [-0.39, 0.29) is 11.3 Å². The van der Waals surface area contributed by atoms with Gasteiger partial charge in [0.1, 0.15) is 12.4 Å². The van der Waals surface area contributed by atoms with Crippen LogP contribution in [0.2, 0.25) is 0 Å². The predicted octanol–water partition coefficient (Wildman–Crippen LogP) is 2.27. The number of likely N-dealkylation sites (tertiary alicyclic amines) is 1. The molecule has 0 bridgehead atoms. The molecule has 0 unspecified atom stereocenters. The number of fused-ring (bicyclic) bond motifs is 1. The maximum Gasteiger partial charge on any atom is 0.244 e. The van der Waals surface area contributed by atoms with E-state index in [1.807, 2.05) is 23.4 Å². The van der Waals surface area contributed by atoms with Gasteiger partial charge < -0.3 is 9.80 Å². The van der Waals surface area contributed by atoms with Crippen molar-refractivity contribution in [3.05, 3.63) is 72.9 Å². The number of anilines is 1. The van der Waals surface area contributed by atoms with Crippen LogP contribution in [0.4, 0.5) is 5.82 Å². The number of carbonyl (C=O) groups excluding carboxylic acids is 1. The molecule has 1 aromatic carbocycles. The van der Waals surface area contributed by atoms with Gasteiger partial charge in [-0.25, -0.2) is 4.98 Å². The highest BCUT2D eigenvalue weighted by Gasteiger charge is 2.53. The third-order valence-electron chi connectivity index (χ3n) is 6.60. The Balaban J connectivity index is 1.34. The average molecular weight is 403 g/mol. The van der Waals surface area contributed by atoms with Crippen molar-refractivity contribution < 1.29 is 4.79 Å². The van der Waals surface area contributed by atoms with E-state index in [1.165, 1.54) is 5.56 Å². The van der Waals surface area contributed by atoms with Crippen molar-refractivity contribution in [2.45, 2.75) is 19.4 Å². The van der Waals surface area contributed by atoms with E-state index >= 15 is 0 Å². The van der Waals surface area contributed by atoms with Crippen molar-refractivity contribution >= 4 is 11.7 Å². The Hall–Kier alpha value is -3.22. The predicted molar refractivity (Wildman–Crippen MR) is 114 cm³/mol. The Morgan fingerprint density at radius 3 is 2.73 bits per heavy atom. The largest absolute Gasteiger partial charge is 0.354 e. The number of amides is 1. The van der Waals surface area contributed by atoms with Crippen LogP contribution >= 0.6 is 0 Å². The molecule has 2 atom stereocenters. The molecule has 0 aliphatic carbocycles. The number of benzene rings is 1. The Kier molecular flexibility index (Phi) is 4.94. The first-order chi connectivity index (χ1) is 14.7. The Morgan fingerprint density at radius 1 is 1.07 bits per heavy atom. The lowest BCUT2D eigenvalue weighted by molar-refractivity contribution is -0.131. The summed E-state index contributed by atoms with van der Waals surface area (Å²) in [6.45, 7) is 3.73. The molecule has 0 spiro atoms. The molecule has 0 radical (unpaired) electrons. The van der Waals surface area contributed by atoms with Gasteiger partial charge in [0.15, 0.2) is 0 Å². The minimum Gasteiger partial charge on any atom is -0.354 e. The third-order valence-corrected chi connectivity index (χ3v) is 6.60. The molecule has 0 N–H and O–H groups in total. The van der Waals surface area contributed by atoms with Crippen molar-refractivity contribution in [1.82, 2.24) is 24.6 Å². The highest BCUT2D eigenvalue weighted by atomic mass is 16.2. The van der Waals surface area contributed by atoms with Crippen LogP contribution in [0.1, 0.15) is 12.0 Å². The first-order valence-corrected chi connectivity index (χ1v) is 10.5. The molecule has 2 aromatic heterocycles. The maximum atomic E-state index is 12.9. The zero-order valence-corrected chi connectivity index (χ0v) is 17.0. The molecule has 4 heterocycles. The molecular weight excluding hydrogens is 376 g/mol. The lowest BCUT2D eigenvalue weighted by atomic mass is 9.76. The smallest absolute Gasteiger partial charge is 0.244 e. The Bertz CT molecular complexity index is 977. The summed E-state index contributed by atoms with van der Waals surface area (Å²) in [6.07, 6.45) is 10.9. The van der Waals surface area contributed by atoms with Gasteiger partial charge in [-0.05, 0) is 24.5 Å². The third kappa shape index (κ3) is 3.67. The first-order valence-electron chi connectivity index (χ1n) is 10.5. The highest BCUT2D eigenvalue weighted by molar-refractivity contribution is 5.76. The molecule has 5 rings (SSSR count).